The average Bonchev–Trinajstić information content (AvgIpc) is 2.73. The van der Waals surface area contributed by atoms with Crippen LogP contribution in [0.2, 0.25) is 0 Å². The molecule has 3 rings (SSSR count). The monoisotopic (exact) mass is 361 g/mol. The van der Waals surface area contributed by atoms with Crippen LogP contribution in [0.25, 0.3) is 0 Å². The third-order valence-corrected chi connectivity index (χ3v) is 4.31. The molecule has 3 aromatic rings. The molecule has 0 unspecified atom stereocenters. The van der Waals surface area contributed by atoms with E-state index in [0.29, 0.717) is 12.4 Å². The van der Waals surface area contributed by atoms with E-state index in [9.17, 15) is 4.79 Å². The first kappa shape index (κ1) is 18.5. The van der Waals surface area contributed by atoms with Crippen molar-refractivity contribution in [3.8, 4) is 0 Å². The number of carbonyl (C=O) groups is 1. The predicted molar refractivity (Wildman–Crippen MR) is 107 cm³/mol. The fourth-order valence-electron chi connectivity index (χ4n) is 2.81. The highest BCUT2D eigenvalue weighted by molar-refractivity contribution is 6.03. The van der Waals surface area contributed by atoms with Gasteiger partial charge < -0.3 is 10.6 Å². The van der Waals surface area contributed by atoms with Crippen molar-refractivity contribution in [1.29, 1.82) is 0 Å². The van der Waals surface area contributed by atoms with Gasteiger partial charge in [-0.1, -0.05) is 38.1 Å². The first-order chi connectivity index (χ1) is 13.2. The lowest BCUT2D eigenvalue weighted by Gasteiger charge is -2.14. The molecule has 0 fully saturated rings. The number of hydrogen-bond donors (Lipinski definition) is 2. The molecule has 2 aromatic heterocycles. The molecule has 0 saturated heterocycles. The third-order valence-electron chi connectivity index (χ3n) is 4.31. The van der Waals surface area contributed by atoms with Crippen LogP contribution in [0.15, 0.2) is 54.7 Å². The quantitative estimate of drug-likeness (QED) is 0.668. The van der Waals surface area contributed by atoms with Gasteiger partial charge in [0.25, 0.3) is 5.91 Å². The highest BCUT2D eigenvalue weighted by atomic mass is 16.1. The number of aromatic nitrogens is 3. The Bertz CT molecular complexity index is 872. The number of para-hydroxylation sites is 1. The highest BCUT2D eigenvalue weighted by Crippen LogP contribution is 2.23. The lowest BCUT2D eigenvalue weighted by Crippen LogP contribution is -2.17. The first-order valence-corrected chi connectivity index (χ1v) is 9.10. The Morgan fingerprint density at radius 1 is 0.926 bits per heavy atom. The Balaban J connectivity index is 1.68. The molecule has 1 amide bonds. The van der Waals surface area contributed by atoms with Crippen molar-refractivity contribution in [3.05, 3.63) is 77.2 Å². The number of amides is 1. The summed E-state index contributed by atoms with van der Waals surface area (Å²) in [6.45, 7) is 4.70. The standard InChI is InChI=1S/C21H23N5O/c1-3-15-8-7-9-16(4-2)20(15)24-21(27)18-11-12-19(26-25-18)23-14-17-10-5-6-13-22-17/h5-13H,3-4,14H2,1-2H3,(H,23,26)(H,24,27). The zero-order valence-electron chi connectivity index (χ0n) is 15.6. The second-order valence-electron chi connectivity index (χ2n) is 6.09. The van der Waals surface area contributed by atoms with Crippen molar-refractivity contribution in [1.82, 2.24) is 15.2 Å². The predicted octanol–water partition coefficient (Wildman–Crippen LogP) is 3.86. The molecule has 0 aliphatic carbocycles. The van der Waals surface area contributed by atoms with Gasteiger partial charge in [-0.25, -0.2) is 0 Å². The largest absolute Gasteiger partial charge is 0.363 e. The van der Waals surface area contributed by atoms with Crippen LogP contribution in [0.1, 0.15) is 41.2 Å². The van der Waals surface area contributed by atoms with Crippen molar-refractivity contribution in [2.75, 3.05) is 10.6 Å². The van der Waals surface area contributed by atoms with Crippen LogP contribution in [-0.4, -0.2) is 21.1 Å². The molecular weight excluding hydrogens is 338 g/mol. The SMILES string of the molecule is CCc1cccc(CC)c1NC(=O)c1ccc(NCc2ccccn2)nn1. The number of rotatable bonds is 7. The van der Waals surface area contributed by atoms with Crippen molar-refractivity contribution >= 4 is 17.4 Å². The number of hydrogen-bond acceptors (Lipinski definition) is 5. The van der Waals surface area contributed by atoms with E-state index >= 15 is 0 Å². The van der Waals surface area contributed by atoms with Gasteiger partial charge in [0.2, 0.25) is 0 Å². The van der Waals surface area contributed by atoms with E-state index in [1.165, 1.54) is 0 Å². The number of nitrogens with zero attached hydrogens (tertiary/aromatic N) is 3. The Morgan fingerprint density at radius 3 is 2.30 bits per heavy atom. The van der Waals surface area contributed by atoms with Gasteiger partial charge in [-0.2, -0.15) is 0 Å². The Morgan fingerprint density at radius 2 is 1.70 bits per heavy atom. The number of benzene rings is 1. The summed E-state index contributed by atoms with van der Waals surface area (Å²) in [6.07, 6.45) is 3.45. The molecule has 0 radical (unpaired) electrons. The molecule has 6 heteroatoms. The minimum atomic E-state index is -0.255. The molecule has 0 bridgehead atoms. The average molecular weight is 361 g/mol. The number of pyridine rings is 1. The van der Waals surface area contributed by atoms with Crippen LogP contribution >= 0.6 is 0 Å². The summed E-state index contributed by atoms with van der Waals surface area (Å²) in [6, 6.07) is 15.2. The highest BCUT2D eigenvalue weighted by Gasteiger charge is 2.13. The van der Waals surface area contributed by atoms with Crippen LogP contribution in [0.3, 0.4) is 0 Å². The Kier molecular flexibility index (Phi) is 6.10. The summed E-state index contributed by atoms with van der Waals surface area (Å²) < 4.78 is 0. The van der Waals surface area contributed by atoms with Crippen LogP contribution < -0.4 is 10.6 Å². The summed E-state index contributed by atoms with van der Waals surface area (Å²) in [4.78, 5) is 16.8. The smallest absolute Gasteiger partial charge is 0.276 e. The Hall–Kier alpha value is -3.28. The maximum Gasteiger partial charge on any atom is 0.276 e. The van der Waals surface area contributed by atoms with Crippen molar-refractivity contribution in [2.45, 2.75) is 33.2 Å². The minimum absolute atomic E-state index is 0.255. The third kappa shape index (κ3) is 4.67. The second-order valence-corrected chi connectivity index (χ2v) is 6.09. The number of carbonyl (C=O) groups excluding carboxylic acids is 1. The zero-order valence-corrected chi connectivity index (χ0v) is 15.6. The van der Waals surface area contributed by atoms with Crippen LogP contribution in [0, 0.1) is 0 Å². The molecule has 2 N–H and O–H groups in total. The van der Waals surface area contributed by atoms with Crippen molar-refractivity contribution in [2.24, 2.45) is 0 Å². The lowest BCUT2D eigenvalue weighted by atomic mass is 10.0. The molecule has 27 heavy (non-hydrogen) atoms. The molecule has 138 valence electrons. The van der Waals surface area contributed by atoms with Gasteiger partial charge in [0.05, 0.1) is 12.2 Å². The molecule has 0 saturated carbocycles. The van der Waals surface area contributed by atoms with Crippen molar-refractivity contribution in [3.63, 3.8) is 0 Å². The molecule has 0 atom stereocenters. The van der Waals surface area contributed by atoms with E-state index in [-0.39, 0.29) is 11.6 Å². The van der Waals surface area contributed by atoms with Gasteiger partial charge in [-0.15, -0.1) is 10.2 Å². The Labute approximate surface area is 159 Å². The second kappa shape index (κ2) is 8.89. The summed E-state index contributed by atoms with van der Waals surface area (Å²) in [5.41, 5.74) is 4.30. The van der Waals surface area contributed by atoms with Gasteiger partial charge >= 0.3 is 0 Å². The van der Waals surface area contributed by atoms with Gasteiger partial charge in [0, 0.05) is 11.9 Å². The van der Waals surface area contributed by atoms with E-state index in [2.05, 4.69) is 39.7 Å². The zero-order chi connectivity index (χ0) is 19.1. The number of aryl methyl sites for hydroxylation is 2. The number of nitrogens with one attached hydrogen (secondary N) is 2. The summed E-state index contributed by atoms with van der Waals surface area (Å²) in [5.74, 6) is 0.342. The van der Waals surface area contributed by atoms with E-state index in [4.69, 9.17) is 0 Å². The van der Waals surface area contributed by atoms with E-state index in [0.717, 1.165) is 35.3 Å². The molecule has 6 nitrogen and oxygen atoms in total. The molecular formula is C21H23N5O. The summed E-state index contributed by atoms with van der Waals surface area (Å²) in [7, 11) is 0. The number of anilines is 2. The van der Waals surface area contributed by atoms with Gasteiger partial charge in [-0.05, 0) is 48.2 Å². The van der Waals surface area contributed by atoms with Crippen LogP contribution in [-0.2, 0) is 19.4 Å². The molecule has 0 aliphatic heterocycles. The fraction of sp³-hybridized carbons (Fsp3) is 0.238. The maximum absolute atomic E-state index is 12.6. The van der Waals surface area contributed by atoms with Gasteiger partial charge in [-0.3, -0.25) is 9.78 Å². The van der Waals surface area contributed by atoms with E-state index in [1.807, 2.05) is 36.4 Å². The topological polar surface area (TPSA) is 79.8 Å². The molecule has 2 heterocycles. The van der Waals surface area contributed by atoms with E-state index in [1.54, 1.807) is 18.3 Å². The van der Waals surface area contributed by atoms with E-state index < -0.39 is 0 Å². The lowest BCUT2D eigenvalue weighted by molar-refractivity contribution is 0.102. The molecule has 0 aliphatic rings. The fourth-order valence-corrected chi connectivity index (χ4v) is 2.81. The van der Waals surface area contributed by atoms with Crippen LogP contribution in [0.5, 0.6) is 0 Å². The molecule has 1 aromatic carbocycles. The first-order valence-electron chi connectivity index (χ1n) is 9.10. The maximum atomic E-state index is 12.6. The van der Waals surface area contributed by atoms with Gasteiger partial charge in [0.1, 0.15) is 5.82 Å². The molecule has 0 spiro atoms. The van der Waals surface area contributed by atoms with Crippen LogP contribution in [0.4, 0.5) is 11.5 Å². The summed E-state index contributed by atoms with van der Waals surface area (Å²) >= 11 is 0. The minimum Gasteiger partial charge on any atom is -0.363 e. The normalized spacial score (nSPS) is 10.4. The summed E-state index contributed by atoms with van der Waals surface area (Å²) in [5, 5.41) is 14.3. The van der Waals surface area contributed by atoms with Gasteiger partial charge in [0.15, 0.2) is 5.69 Å². The van der Waals surface area contributed by atoms with Crippen molar-refractivity contribution < 1.29 is 4.79 Å².